The van der Waals surface area contributed by atoms with Gasteiger partial charge in [0.05, 0.1) is 11.5 Å². The summed E-state index contributed by atoms with van der Waals surface area (Å²) in [5, 5.41) is 9.26. The third kappa shape index (κ3) is 2.56. The molecule has 0 radical (unpaired) electrons. The summed E-state index contributed by atoms with van der Waals surface area (Å²) in [6, 6.07) is 6.64. The van der Waals surface area contributed by atoms with Crippen molar-refractivity contribution in [2.24, 2.45) is 0 Å². The average molecular weight is 287 g/mol. The first-order valence-corrected chi connectivity index (χ1v) is 8.45. The van der Waals surface area contributed by atoms with Crippen LogP contribution in [0.3, 0.4) is 0 Å². The summed E-state index contributed by atoms with van der Waals surface area (Å²) < 4.78 is 26.7. The topological polar surface area (TPSA) is 57.6 Å². The lowest BCUT2D eigenvalue weighted by Gasteiger charge is -2.32. The molecule has 0 bridgehead atoms. The summed E-state index contributed by atoms with van der Waals surface area (Å²) in [7, 11) is -3.49. The highest BCUT2D eigenvalue weighted by molar-refractivity contribution is 7.99. The van der Waals surface area contributed by atoms with Crippen molar-refractivity contribution in [1.29, 1.82) is 0 Å². The Hall–Kier alpha value is -0.560. The standard InChI is InChI=1S/C12H17NO3S2/c1-10-9-17-7-6-13(10)18(15,16)12-5-3-2-4-11(12)8-14/h2-5,10,14H,6-9H2,1H3. The van der Waals surface area contributed by atoms with Gasteiger partial charge in [-0.25, -0.2) is 8.42 Å². The van der Waals surface area contributed by atoms with Crippen LogP contribution < -0.4 is 0 Å². The van der Waals surface area contributed by atoms with Crippen molar-refractivity contribution >= 4 is 21.8 Å². The molecule has 6 heteroatoms. The van der Waals surface area contributed by atoms with E-state index in [9.17, 15) is 13.5 Å². The van der Waals surface area contributed by atoms with E-state index >= 15 is 0 Å². The maximum absolute atomic E-state index is 12.6. The second-order valence-corrected chi connectivity index (χ2v) is 7.31. The summed E-state index contributed by atoms with van der Waals surface area (Å²) in [6.07, 6.45) is 0. The van der Waals surface area contributed by atoms with E-state index < -0.39 is 10.0 Å². The molecule has 100 valence electrons. The van der Waals surface area contributed by atoms with Crippen molar-refractivity contribution < 1.29 is 13.5 Å². The summed E-state index contributed by atoms with van der Waals surface area (Å²) in [4.78, 5) is 0.228. The van der Waals surface area contributed by atoms with Crippen molar-refractivity contribution in [3.8, 4) is 0 Å². The monoisotopic (exact) mass is 287 g/mol. The molecule has 0 aliphatic carbocycles. The molecule has 0 spiro atoms. The van der Waals surface area contributed by atoms with Crippen LogP contribution in [0.25, 0.3) is 0 Å². The normalized spacial score (nSPS) is 22.0. The Morgan fingerprint density at radius 1 is 1.44 bits per heavy atom. The largest absolute Gasteiger partial charge is 0.392 e. The molecule has 4 nitrogen and oxygen atoms in total. The minimum atomic E-state index is -3.49. The van der Waals surface area contributed by atoms with Crippen molar-refractivity contribution in [2.45, 2.75) is 24.5 Å². The lowest BCUT2D eigenvalue weighted by atomic mass is 10.2. The summed E-state index contributed by atoms with van der Waals surface area (Å²) >= 11 is 1.77. The molecular weight excluding hydrogens is 270 g/mol. The Balaban J connectivity index is 2.41. The van der Waals surface area contributed by atoms with Crippen molar-refractivity contribution in [1.82, 2.24) is 4.31 Å². The first kappa shape index (κ1) is 13.9. The van der Waals surface area contributed by atoms with Gasteiger partial charge < -0.3 is 5.11 Å². The van der Waals surface area contributed by atoms with Gasteiger partial charge in [0.15, 0.2) is 0 Å². The molecule has 1 heterocycles. The van der Waals surface area contributed by atoms with Crippen LogP contribution in [-0.4, -0.2) is 41.9 Å². The number of hydrogen-bond donors (Lipinski definition) is 1. The van der Waals surface area contributed by atoms with Gasteiger partial charge in [0.1, 0.15) is 0 Å². The minimum Gasteiger partial charge on any atom is -0.392 e. The van der Waals surface area contributed by atoms with Gasteiger partial charge in [0, 0.05) is 24.1 Å². The second-order valence-electron chi connectivity index (χ2n) is 4.31. The number of hydrogen-bond acceptors (Lipinski definition) is 4. The van der Waals surface area contributed by atoms with Crippen LogP contribution in [0.5, 0.6) is 0 Å². The predicted molar refractivity (Wildman–Crippen MR) is 73.0 cm³/mol. The predicted octanol–water partition coefficient (Wildman–Crippen LogP) is 1.30. The summed E-state index contributed by atoms with van der Waals surface area (Å²) in [5.41, 5.74) is 0.461. The van der Waals surface area contributed by atoms with Gasteiger partial charge in [0.25, 0.3) is 0 Å². The minimum absolute atomic E-state index is 0.000462. The van der Waals surface area contributed by atoms with E-state index in [4.69, 9.17) is 0 Å². The highest BCUT2D eigenvalue weighted by Gasteiger charge is 2.32. The summed E-state index contributed by atoms with van der Waals surface area (Å²) in [5.74, 6) is 1.64. The number of benzene rings is 1. The Morgan fingerprint density at radius 2 is 2.17 bits per heavy atom. The van der Waals surface area contributed by atoms with E-state index in [0.29, 0.717) is 12.1 Å². The zero-order valence-electron chi connectivity index (χ0n) is 10.2. The maximum Gasteiger partial charge on any atom is 0.243 e. The lowest BCUT2D eigenvalue weighted by molar-refractivity contribution is 0.277. The van der Waals surface area contributed by atoms with Crippen LogP contribution >= 0.6 is 11.8 Å². The Labute approximate surface area is 112 Å². The zero-order chi connectivity index (χ0) is 13.2. The third-order valence-electron chi connectivity index (χ3n) is 3.04. The Morgan fingerprint density at radius 3 is 2.83 bits per heavy atom. The molecule has 0 saturated carbocycles. The number of sulfonamides is 1. The first-order chi connectivity index (χ1) is 8.57. The fourth-order valence-corrected chi connectivity index (χ4v) is 5.15. The lowest BCUT2D eigenvalue weighted by Crippen LogP contribution is -2.44. The molecule has 1 aromatic carbocycles. The fourth-order valence-electron chi connectivity index (χ4n) is 2.08. The molecule has 18 heavy (non-hydrogen) atoms. The van der Waals surface area contributed by atoms with Crippen LogP contribution in [0.4, 0.5) is 0 Å². The van der Waals surface area contributed by atoms with Gasteiger partial charge in [-0.1, -0.05) is 18.2 Å². The van der Waals surface area contributed by atoms with Crippen LogP contribution in [-0.2, 0) is 16.6 Å². The highest BCUT2D eigenvalue weighted by Crippen LogP contribution is 2.26. The Bertz CT molecular complexity index is 516. The quantitative estimate of drug-likeness (QED) is 0.910. The number of aliphatic hydroxyl groups excluding tert-OH is 1. The molecular formula is C12H17NO3S2. The van der Waals surface area contributed by atoms with E-state index in [1.165, 1.54) is 4.31 Å². The maximum atomic E-state index is 12.6. The molecule has 0 amide bonds. The van der Waals surface area contributed by atoms with Crippen LogP contribution in [0.1, 0.15) is 12.5 Å². The molecule has 1 N–H and O–H groups in total. The molecule has 1 fully saturated rings. The van der Waals surface area contributed by atoms with Gasteiger partial charge in [-0.3, -0.25) is 0 Å². The molecule has 2 rings (SSSR count). The van der Waals surface area contributed by atoms with E-state index in [0.717, 1.165) is 11.5 Å². The average Bonchev–Trinajstić information content (AvgIpc) is 2.39. The second kappa shape index (κ2) is 5.61. The molecule has 1 aliphatic heterocycles. The molecule has 1 aliphatic rings. The number of aliphatic hydroxyl groups is 1. The van der Waals surface area contributed by atoms with E-state index in [2.05, 4.69) is 0 Å². The Kier molecular flexibility index (Phi) is 4.32. The van der Waals surface area contributed by atoms with Gasteiger partial charge in [-0.15, -0.1) is 0 Å². The third-order valence-corrected chi connectivity index (χ3v) is 6.34. The highest BCUT2D eigenvalue weighted by atomic mass is 32.2. The fraction of sp³-hybridized carbons (Fsp3) is 0.500. The summed E-state index contributed by atoms with van der Waals surface area (Å²) in [6.45, 7) is 2.20. The molecule has 1 aromatic rings. The smallest absolute Gasteiger partial charge is 0.243 e. The van der Waals surface area contributed by atoms with Gasteiger partial charge in [0.2, 0.25) is 10.0 Å². The number of nitrogens with zero attached hydrogens (tertiary/aromatic N) is 1. The van der Waals surface area contributed by atoms with Gasteiger partial charge >= 0.3 is 0 Å². The van der Waals surface area contributed by atoms with Gasteiger partial charge in [-0.05, 0) is 18.6 Å². The van der Waals surface area contributed by atoms with Gasteiger partial charge in [-0.2, -0.15) is 16.1 Å². The van der Waals surface area contributed by atoms with Crippen LogP contribution in [0.2, 0.25) is 0 Å². The number of rotatable bonds is 3. The van der Waals surface area contributed by atoms with Crippen molar-refractivity contribution in [3.05, 3.63) is 29.8 Å². The van der Waals surface area contributed by atoms with Crippen molar-refractivity contribution in [3.63, 3.8) is 0 Å². The number of thioether (sulfide) groups is 1. The zero-order valence-corrected chi connectivity index (χ0v) is 11.9. The van der Waals surface area contributed by atoms with Crippen molar-refractivity contribution in [2.75, 3.05) is 18.1 Å². The molecule has 1 unspecified atom stereocenters. The first-order valence-electron chi connectivity index (χ1n) is 5.85. The molecule has 1 atom stereocenters. The van der Waals surface area contributed by atoms with Crippen LogP contribution in [0.15, 0.2) is 29.2 Å². The van der Waals surface area contributed by atoms with E-state index in [1.807, 2.05) is 6.92 Å². The van der Waals surface area contributed by atoms with E-state index in [1.54, 1.807) is 36.0 Å². The molecule has 1 saturated heterocycles. The van der Waals surface area contributed by atoms with Crippen LogP contribution in [0, 0.1) is 0 Å². The SMILES string of the molecule is CC1CSCCN1S(=O)(=O)c1ccccc1CO. The molecule has 0 aromatic heterocycles. The van der Waals surface area contributed by atoms with E-state index in [-0.39, 0.29) is 17.5 Å².